The van der Waals surface area contributed by atoms with E-state index in [9.17, 15) is 9.18 Å². The van der Waals surface area contributed by atoms with Crippen LogP contribution in [0.3, 0.4) is 0 Å². The zero-order valence-electron chi connectivity index (χ0n) is 21.3. The molecule has 0 radical (unpaired) electrons. The average molecular weight is 521 g/mol. The van der Waals surface area contributed by atoms with Gasteiger partial charge in [-0.2, -0.15) is 0 Å². The Bertz CT molecular complexity index is 1270. The molecule has 2 aliphatic carbocycles. The van der Waals surface area contributed by atoms with Gasteiger partial charge in [0.05, 0.1) is 5.60 Å². The molecule has 0 spiro atoms. The van der Waals surface area contributed by atoms with Gasteiger partial charge >= 0.3 is 0 Å². The lowest BCUT2D eigenvalue weighted by Crippen LogP contribution is -2.21. The number of nitrogens with two attached hydrogens (primary N) is 1. The Balaban J connectivity index is 0.000000222. The predicted octanol–water partition coefficient (Wildman–Crippen LogP) is 5.38. The summed E-state index contributed by atoms with van der Waals surface area (Å²) in [6.45, 7) is 2.78. The third-order valence-electron chi connectivity index (χ3n) is 6.65. The Labute approximate surface area is 221 Å². The van der Waals surface area contributed by atoms with E-state index in [1.165, 1.54) is 28.8 Å². The zero-order valence-corrected chi connectivity index (χ0v) is 22.1. The quantitative estimate of drug-likeness (QED) is 0.286. The number of allylic oxidation sites excluding steroid dienone is 2. The maximum atomic E-state index is 13.2. The number of aromatic nitrogens is 3. The van der Waals surface area contributed by atoms with Gasteiger partial charge in [-0.05, 0) is 61.7 Å². The molecular weight excluding hydrogens is 487 g/mol. The van der Waals surface area contributed by atoms with Crippen molar-refractivity contribution >= 4 is 18.0 Å². The van der Waals surface area contributed by atoms with Crippen molar-refractivity contribution in [3.63, 3.8) is 0 Å². The standard InChI is InChI=1S/C19H18FN3OS.C10H15NO/c1-14-4-2-5-15(12-14)13-25-19-22-21-18(6-3-11-24)23(19)17-9-7-16(20)8-10-17;1-12-10-7-9(10)4-2-3-8(10)5-6-11/h2,4-5,7-12H,3,6,13H2,1H3;2-4,9H,5-7,11H2,1H3. The molecule has 1 aromatic heterocycles. The second-order valence-electron chi connectivity index (χ2n) is 9.21. The van der Waals surface area contributed by atoms with Crippen LogP contribution in [0.4, 0.5) is 4.39 Å². The van der Waals surface area contributed by atoms with Crippen LogP contribution in [0.2, 0.25) is 0 Å². The first-order chi connectivity index (χ1) is 18.0. The molecule has 2 N–H and O–H groups in total. The average Bonchev–Trinajstić information content (AvgIpc) is 3.53. The van der Waals surface area contributed by atoms with Crippen molar-refractivity contribution in [1.29, 1.82) is 0 Å². The molecule has 1 saturated carbocycles. The summed E-state index contributed by atoms with van der Waals surface area (Å²) < 4.78 is 20.7. The van der Waals surface area contributed by atoms with E-state index in [0.29, 0.717) is 24.6 Å². The van der Waals surface area contributed by atoms with Crippen LogP contribution >= 0.6 is 11.8 Å². The van der Waals surface area contributed by atoms with Crippen LogP contribution in [0.5, 0.6) is 0 Å². The van der Waals surface area contributed by atoms with Gasteiger partial charge in [0.1, 0.15) is 17.9 Å². The molecule has 8 heteroatoms. The number of benzene rings is 2. The van der Waals surface area contributed by atoms with E-state index in [0.717, 1.165) is 42.3 Å². The van der Waals surface area contributed by atoms with Crippen molar-refractivity contribution in [2.45, 2.75) is 49.1 Å². The van der Waals surface area contributed by atoms with Crippen LogP contribution in [0.1, 0.15) is 36.2 Å². The lowest BCUT2D eigenvalue weighted by atomic mass is 9.98. The minimum atomic E-state index is -0.291. The Morgan fingerprint density at radius 3 is 2.73 bits per heavy atom. The summed E-state index contributed by atoms with van der Waals surface area (Å²) in [6, 6.07) is 14.5. The van der Waals surface area contributed by atoms with E-state index in [2.05, 4.69) is 53.5 Å². The maximum absolute atomic E-state index is 13.2. The topological polar surface area (TPSA) is 83.0 Å². The molecule has 1 heterocycles. The van der Waals surface area contributed by atoms with E-state index < -0.39 is 0 Å². The van der Waals surface area contributed by atoms with Crippen molar-refractivity contribution in [1.82, 2.24) is 14.8 Å². The molecule has 5 rings (SSSR count). The van der Waals surface area contributed by atoms with Crippen molar-refractivity contribution in [3.8, 4) is 5.69 Å². The smallest absolute Gasteiger partial charge is 0.196 e. The second kappa shape index (κ2) is 12.4. The molecule has 194 valence electrons. The Morgan fingerprint density at radius 1 is 1.22 bits per heavy atom. The lowest BCUT2D eigenvalue weighted by molar-refractivity contribution is -0.107. The molecule has 0 aliphatic heterocycles. The lowest BCUT2D eigenvalue weighted by Gasteiger charge is -2.20. The van der Waals surface area contributed by atoms with Gasteiger partial charge in [-0.15, -0.1) is 10.2 Å². The highest BCUT2D eigenvalue weighted by molar-refractivity contribution is 7.98. The predicted molar refractivity (Wildman–Crippen MR) is 145 cm³/mol. The van der Waals surface area contributed by atoms with Crippen LogP contribution in [0.25, 0.3) is 5.69 Å². The van der Waals surface area contributed by atoms with Crippen LogP contribution in [0.15, 0.2) is 77.5 Å². The fraction of sp³-hybridized carbons (Fsp3) is 0.345. The Hall–Kier alpha value is -3.07. The van der Waals surface area contributed by atoms with E-state index >= 15 is 0 Å². The van der Waals surface area contributed by atoms with Gasteiger partial charge in [-0.25, -0.2) is 4.39 Å². The molecule has 2 unspecified atom stereocenters. The number of carbonyl (C=O) groups is 1. The summed E-state index contributed by atoms with van der Waals surface area (Å²) in [5, 5.41) is 9.22. The molecule has 37 heavy (non-hydrogen) atoms. The third-order valence-corrected chi connectivity index (χ3v) is 7.65. The number of rotatable bonds is 10. The molecule has 0 saturated heterocycles. The first-order valence-electron chi connectivity index (χ1n) is 12.5. The summed E-state index contributed by atoms with van der Waals surface area (Å²) in [6.07, 6.45) is 10.4. The van der Waals surface area contributed by atoms with E-state index in [4.69, 9.17) is 10.5 Å². The van der Waals surface area contributed by atoms with Crippen molar-refractivity contribution in [2.24, 2.45) is 11.7 Å². The van der Waals surface area contributed by atoms with Crippen LogP contribution in [-0.2, 0) is 21.7 Å². The van der Waals surface area contributed by atoms with Gasteiger partial charge in [0.25, 0.3) is 0 Å². The number of aryl methyl sites for hydroxylation is 2. The molecule has 2 aliphatic rings. The largest absolute Gasteiger partial charge is 0.373 e. The fourth-order valence-corrected chi connectivity index (χ4v) is 5.58. The number of aldehydes is 1. The summed E-state index contributed by atoms with van der Waals surface area (Å²) in [5.41, 5.74) is 10.2. The fourth-order valence-electron chi connectivity index (χ4n) is 4.67. The Kier molecular flexibility index (Phi) is 9.08. The minimum Gasteiger partial charge on any atom is -0.373 e. The molecule has 6 nitrogen and oxygen atoms in total. The highest BCUT2D eigenvalue weighted by atomic mass is 32.2. The molecule has 1 fully saturated rings. The summed E-state index contributed by atoms with van der Waals surface area (Å²) in [5.74, 6) is 1.79. The second-order valence-corrected chi connectivity index (χ2v) is 10.2. The van der Waals surface area contributed by atoms with Gasteiger partial charge in [-0.1, -0.05) is 59.8 Å². The summed E-state index contributed by atoms with van der Waals surface area (Å²) in [7, 11) is 1.80. The van der Waals surface area contributed by atoms with Crippen LogP contribution in [0, 0.1) is 18.7 Å². The molecular formula is C29H33FN4O2S. The van der Waals surface area contributed by atoms with Crippen LogP contribution in [-0.4, -0.2) is 40.3 Å². The summed E-state index contributed by atoms with van der Waals surface area (Å²) >= 11 is 1.57. The number of hydrogen-bond donors (Lipinski definition) is 1. The van der Waals surface area contributed by atoms with Crippen molar-refractivity contribution in [3.05, 3.63) is 95.1 Å². The minimum absolute atomic E-state index is 0.0497. The zero-order chi connectivity index (χ0) is 26.3. The van der Waals surface area contributed by atoms with Gasteiger partial charge in [-0.3, -0.25) is 4.57 Å². The normalized spacial score (nSPS) is 19.5. The number of carbonyl (C=O) groups excluding carboxylic acids is 1. The van der Waals surface area contributed by atoms with Crippen LogP contribution < -0.4 is 5.73 Å². The van der Waals surface area contributed by atoms with E-state index in [1.807, 2.05) is 10.6 Å². The Morgan fingerprint density at radius 2 is 2.03 bits per heavy atom. The first kappa shape index (κ1) is 27.0. The summed E-state index contributed by atoms with van der Waals surface area (Å²) in [4.78, 5) is 10.7. The molecule has 0 amide bonds. The van der Waals surface area contributed by atoms with Crippen molar-refractivity contribution in [2.75, 3.05) is 13.7 Å². The first-order valence-corrected chi connectivity index (χ1v) is 13.4. The number of thioether (sulfide) groups is 1. The van der Waals surface area contributed by atoms with E-state index in [-0.39, 0.29) is 11.4 Å². The van der Waals surface area contributed by atoms with Gasteiger partial charge in [0.2, 0.25) is 0 Å². The number of halogens is 1. The number of ether oxygens (including phenoxy) is 1. The third kappa shape index (κ3) is 6.44. The highest BCUT2D eigenvalue weighted by Gasteiger charge is 2.56. The number of fused-ring (bicyclic) bond motifs is 1. The molecule has 2 aromatic carbocycles. The SMILES string of the molecule is COC12CC1C=CC=C2CCN.Cc1cccc(CSc2nnc(CCC=O)n2-c2ccc(F)cc2)c1. The number of methoxy groups -OCH3 is 1. The maximum Gasteiger partial charge on any atom is 0.196 e. The monoisotopic (exact) mass is 520 g/mol. The molecule has 0 bridgehead atoms. The van der Waals surface area contributed by atoms with Gasteiger partial charge in [0.15, 0.2) is 5.16 Å². The molecule has 2 atom stereocenters. The van der Waals surface area contributed by atoms with Gasteiger partial charge < -0.3 is 15.3 Å². The van der Waals surface area contributed by atoms with Crippen molar-refractivity contribution < 1.29 is 13.9 Å². The molecule has 3 aromatic rings. The highest BCUT2D eigenvalue weighted by Crippen LogP contribution is 2.55. The van der Waals surface area contributed by atoms with E-state index in [1.54, 1.807) is 31.0 Å². The number of nitrogens with zero attached hydrogens (tertiary/aromatic N) is 3. The van der Waals surface area contributed by atoms with Gasteiger partial charge in [0, 0.05) is 37.3 Å². The number of hydrogen-bond acceptors (Lipinski definition) is 6.